The van der Waals surface area contributed by atoms with Crippen LogP contribution in [0, 0.1) is 11.6 Å². The Balaban J connectivity index is 1.54. The van der Waals surface area contributed by atoms with Gasteiger partial charge in [-0.2, -0.15) is 13.2 Å². The van der Waals surface area contributed by atoms with Crippen molar-refractivity contribution in [1.29, 1.82) is 0 Å². The number of amides is 3. The molecule has 40 heavy (non-hydrogen) atoms. The fourth-order valence-corrected chi connectivity index (χ4v) is 5.09. The van der Waals surface area contributed by atoms with Crippen LogP contribution in [0.15, 0.2) is 42.5 Å². The van der Waals surface area contributed by atoms with Crippen LogP contribution in [0.5, 0.6) is 5.75 Å². The smallest absolute Gasteiger partial charge is 0.416 e. The molecule has 8 nitrogen and oxygen atoms in total. The lowest BCUT2D eigenvalue weighted by Crippen LogP contribution is -2.41. The van der Waals surface area contributed by atoms with Crippen molar-refractivity contribution in [3.8, 4) is 5.75 Å². The maximum absolute atomic E-state index is 14.2. The standard InChI is InChI=1S/C26H15ClF5N3O5/c27-15-2-1-12(28)8-14(15)25(39)19-16(33-21(36)10-5-11(26(30,31)32)7-13(29)6-10)9-17-20(18(19)22(37)35-25)34-23(38)24(40-17)3-4-24/h1-2,5-9,39H,3-4H2,(H,33,36)(H,34,38)(H,35,37). The van der Waals surface area contributed by atoms with E-state index in [0.717, 1.165) is 24.3 Å². The van der Waals surface area contributed by atoms with E-state index in [2.05, 4.69) is 16.0 Å². The van der Waals surface area contributed by atoms with Crippen LogP contribution in [-0.4, -0.2) is 28.4 Å². The summed E-state index contributed by atoms with van der Waals surface area (Å²) < 4.78 is 73.8. The molecule has 3 aliphatic rings. The quantitative estimate of drug-likeness (QED) is 0.336. The van der Waals surface area contributed by atoms with Gasteiger partial charge in [-0.3, -0.25) is 14.4 Å². The van der Waals surface area contributed by atoms with Crippen LogP contribution in [0.1, 0.15) is 50.2 Å². The summed E-state index contributed by atoms with van der Waals surface area (Å²) in [5.74, 6) is -5.01. The van der Waals surface area contributed by atoms with Gasteiger partial charge in [-0.1, -0.05) is 11.6 Å². The maximum Gasteiger partial charge on any atom is 0.416 e. The Hall–Kier alpha value is -4.23. The molecule has 0 bridgehead atoms. The van der Waals surface area contributed by atoms with Crippen molar-refractivity contribution in [3.63, 3.8) is 0 Å². The minimum atomic E-state index is -4.96. The minimum Gasteiger partial charge on any atom is -0.475 e. The van der Waals surface area contributed by atoms with Gasteiger partial charge in [0.05, 0.1) is 22.5 Å². The van der Waals surface area contributed by atoms with Crippen molar-refractivity contribution in [3.05, 3.63) is 86.9 Å². The summed E-state index contributed by atoms with van der Waals surface area (Å²) in [6.45, 7) is 0. The van der Waals surface area contributed by atoms with E-state index in [-0.39, 0.29) is 39.3 Å². The van der Waals surface area contributed by atoms with E-state index >= 15 is 0 Å². The third-order valence-corrected chi connectivity index (χ3v) is 7.22. The summed E-state index contributed by atoms with van der Waals surface area (Å²) in [6, 6.07) is 5.29. The third kappa shape index (κ3) is 3.95. The molecule has 14 heteroatoms. The molecule has 3 aromatic rings. The molecular weight excluding hydrogens is 565 g/mol. The zero-order valence-corrected chi connectivity index (χ0v) is 20.6. The average molecular weight is 580 g/mol. The SMILES string of the molecule is O=C(Nc1cc2c(c3c1C(O)(c1cc(F)ccc1Cl)NC3=O)NC(=O)C1(CC1)O2)c1cc(F)cc(C(F)(F)F)c1. The first kappa shape index (κ1) is 26.0. The molecule has 2 aliphatic heterocycles. The summed E-state index contributed by atoms with van der Waals surface area (Å²) in [5.41, 5.74) is -7.55. The first-order chi connectivity index (χ1) is 18.7. The number of carbonyl (C=O) groups excluding carboxylic acids is 3. The van der Waals surface area contributed by atoms with Gasteiger partial charge in [0.1, 0.15) is 17.4 Å². The highest BCUT2D eigenvalue weighted by Gasteiger charge is 2.57. The van der Waals surface area contributed by atoms with Crippen LogP contribution in [0.4, 0.5) is 33.3 Å². The average Bonchev–Trinajstić information content (AvgIpc) is 3.58. The third-order valence-electron chi connectivity index (χ3n) is 6.89. The fraction of sp³-hybridized carbons (Fsp3) is 0.192. The van der Waals surface area contributed by atoms with Crippen molar-refractivity contribution < 1.29 is 46.2 Å². The van der Waals surface area contributed by atoms with Gasteiger partial charge in [0.25, 0.3) is 17.7 Å². The van der Waals surface area contributed by atoms with Crippen LogP contribution < -0.4 is 20.7 Å². The normalized spacial score (nSPS) is 20.3. The van der Waals surface area contributed by atoms with Gasteiger partial charge in [0.15, 0.2) is 11.3 Å². The number of alkyl halides is 3. The summed E-state index contributed by atoms with van der Waals surface area (Å²) in [5, 5.41) is 18.7. The monoisotopic (exact) mass is 579 g/mol. The number of anilines is 2. The lowest BCUT2D eigenvalue weighted by Gasteiger charge is -2.30. The second-order valence-electron chi connectivity index (χ2n) is 9.57. The largest absolute Gasteiger partial charge is 0.475 e. The first-order valence-corrected chi connectivity index (χ1v) is 12.0. The number of rotatable bonds is 3. The van der Waals surface area contributed by atoms with Crippen LogP contribution in [0.3, 0.4) is 0 Å². The summed E-state index contributed by atoms with van der Waals surface area (Å²) in [6.07, 6.45) is -4.25. The van der Waals surface area contributed by atoms with E-state index in [1.54, 1.807) is 0 Å². The molecule has 1 unspecified atom stereocenters. The number of hydrogen-bond acceptors (Lipinski definition) is 5. The molecule has 0 aromatic heterocycles. The molecule has 0 radical (unpaired) electrons. The highest BCUT2D eigenvalue weighted by Crippen LogP contribution is 2.53. The zero-order chi connectivity index (χ0) is 28.8. The Morgan fingerprint density at radius 1 is 1.05 bits per heavy atom. The first-order valence-electron chi connectivity index (χ1n) is 11.6. The van der Waals surface area contributed by atoms with E-state index in [9.17, 15) is 41.4 Å². The highest BCUT2D eigenvalue weighted by atomic mass is 35.5. The van der Waals surface area contributed by atoms with Crippen molar-refractivity contribution in [1.82, 2.24) is 5.32 Å². The van der Waals surface area contributed by atoms with Crippen LogP contribution in [-0.2, 0) is 16.7 Å². The number of fused-ring (bicyclic) bond motifs is 3. The van der Waals surface area contributed by atoms with E-state index in [0.29, 0.717) is 25.0 Å². The van der Waals surface area contributed by atoms with Crippen molar-refractivity contribution in [2.45, 2.75) is 30.3 Å². The summed E-state index contributed by atoms with van der Waals surface area (Å²) in [7, 11) is 0. The van der Waals surface area contributed by atoms with Gasteiger partial charge in [0, 0.05) is 40.6 Å². The molecule has 3 amide bonds. The number of nitrogens with one attached hydrogen (secondary N) is 3. The second-order valence-corrected chi connectivity index (χ2v) is 9.97. The van der Waals surface area contributed by atoms with Gasteiger partial charge in [-0.25, -0.2) is 8.78 Å². The minimum absolute atomic E-state index is 0.0777. The molecule has 206 valence electrons. The molecule has 1 fully saturated rings. The second kappa shape index (κ2) is 8.38. The Morgan fingerprint density at radius 2 is 1.77 bits per heavy atom. The van der Waals surface area contributed by atoms with E-state index < -0.39 is 63.5 Å². The van der Waals surface area contributed by atoms with Crippen LogP contribution in [0.25, 0.3) is 0 Å². The lowest BCUT2D eigenvalue weighted by atomic mass is 9.90. The molecule has 1 saturated carbocycles. The Labute approximate surface area is 226 Å². The predicted octanol–water partition coefficient (Wildman–Crippen LogP) is 4.69. The van der Waals surface area contributed by atoms with Gasteiger partial charge in [-0.15, -0.1) is 0 Å². The Morgan fingerprint density at radius 3 is 2.45 bits per heavy atom. The topological polar surface area (TPSA) is 117 Å². The number of ether oxygens (including phenoxy) is 1. The number of carbonyl (C=O) groups is 3. The molecule has 0 saturated heterocycles. The molecule has 1 spiro atoms. The zero-order valence-electron chi connectivity index (χ0n) is 19.8. The lowest BCUT2D eigenvalue weighted by molar-refractivity contribution is -0.137. The summed E-state index contributed by atoms with van der Waals surface area (Å²) >= 11 is 6.22. The Bertz CT molecular complexity index is 1670. The Kier molecular flexibility index (Phi) is 5.45. The molecule has 2 heterocycles. The van der Waals surface area contributed by atoms with Crippen molar-refractivity contribution in [2.75, 3.05) is 10.6 Å². The fourth-order valence-electron chi connectivity index (χ4n) is 4.84. The van der Waals surface area contributed by atoms with E-state index in [1.807, 2.05) is 0 Å². The van der Waals surface area contributed by atoms with Crippen LogP contribution >= 0.6 is 11.6 Å². The van der Waals surface area contributed by atoms with Crippen molar-refractivity contribution in [2.24, 2.45) is 0 Å². The predicted molar refractivity (Wildman–Crippen MR) is 129 cm³/mol. The number of halogens is 6. The van der Waals surface area contributed by atoms with Gasteiger partial charge in [0.2, 0.25) is 0 Å². The van der Waals surface area contributed by atoms with Gasteiger partial charge >= 0.3 is 6.18 Å². The molecule has 4 N–H and O–H groups in total. The molecule has 1 aliphatic carbocycles. The highest BCUT2D eigenvalue weighted by molar-refractivity contribution is 6.31. The maximum atomic E-state index is 14.2. The molecule has 1 atom stereocenters. The van der Waals surface area contributed by atoms with E-state index in [1.165, 1.54) is 0 Å². The number of hydrogen-bond donors (Lipinski definition) is 4. The molecule has 3 aromatic carbocycles. The number of benzene rings is 3. The number of aliphatic hydroxyl groups is 1. The van der Waals surface area contributed by atoms with Gasteiger partial charge < -0.3 is 25.8 Å². The van der Waals surface area contributed by atoms with Crippen LogP contribution in [0.2, 0.25) is 5.02 Å². The van der Waals surface area contributed by atoms with Gasteiger partial charge in [-0.05, 0) is 36.4 Å². The van der Waals surface area contributed by atoms with E-state index in [4.69, 9.17) is 16.3 Å². The van der Waals surface area contributed by atoms with Crippen molar-refractivity contribution >= 4 is 40.7 Å². The summed E-state index contributed by atoms with van der Waals surface area (Å²) in [4.78, 5) is 39.0. The molecular formula is C26H15ClF5N3O5. The molecule has 6 rings (SSSR count).